The molecule has 2 rings (SSSR count). The molecule has 1 N–H and O–H groups in total. The molecule has 0 aliphatic heterocycles. The third-order valence-electron chi connectivity index (χ3n) is 2.78. The highest BCUT2D eigenvalue weighted by Crippen LogP contribution is 2.31. The lowest BCUT2D eigenvalue weighted by molar-refractivity contribution is 0.886. The largest absolute Gasteiger partial charge is 0.372 e. The van der Waals surface area contributed by atoms with Crippen LogP contribution in [0.5, 0.6) is 0 Å². The molecule has 0 unspecified atom stereocenters. The topological polar surface area (TPSA) is 37.8 Å². The summed E-state index contributed by atoms with van der Waals surface area (Å²) in [6.07, 6.45) is 7.32. The zero-order chi connectivity index (χ0) is 11.4. The van der Waals surface area contributed by atoms with Crippen LogP contribution in [0.4, 0.5) is 5.82 Å². The number of rotatable bonds is 4. The summed E-state index contributed by atoms with van der Waals surface area (Å²) in [5, 5.41) is 3.88. The molecule has 1 aromatic rings. The first-order valence-corrected chi connectivity index (χ1v) is 7.44. The maximum absolute atomic E-state index is 4.46. The zero-order valence-electron chi connectivity index (χ0n) is 9.37. The van der Waals surface area contributed by atoms with E-state index in [1.54, 1.807) is 0 Å². The van der Waals surface area contributed by atoms with E-state index in [9.17, 15) is 0 Å². The maximum atomic E-state index is 4.46. The number of aromatic nitrogens is 2. The van der Waals surface area contributed by atoms with E-state index >= 15 is 0 Å². The Morgan fingerprint density at radius 1 is 1.50 bits per heavy atom. The Bertz CT molecular complexity index is 353. The molecule has 1 aliphatic carbocycles. The summed E-state index contributed by atoms with van der Waals surface area (Å²) >= 11 is 5.41. The van der Waals surface area contributed by atoms with Gasteiger partial charge in [-0.15, -0.1) is 0 Å². The summed E-state index contributed by atoms with van der Waals surface area (Å²) in [7, 11) is 1.88. The van der Waals surface area contributed by atoms with Crippen LogP contribution in [0.25, 0.3) is 0 Å². The summed E-state index contributed by atoms with van der Waals surface area (Å²) in [5.74, 6) is 2.72. The summed E-state index contributed by atoms with van der Waals surface area (Å²) in [6.45, 7) is 0. The number of hydrogen-bond donors (Lipinski definition) is 1. The van der Waals surface area contributed by atoms with Gasteiger partial charge in [-0.1, -0.05) is 12.8 Å². The van der Waals surface area contributed by atoms with Gasteiger partial charge >= 0.3 is 0 Å². The average Bonchev–Trinajstić information content (AvgIpc) is 2.81. The minimum atomic E-state index is 0.824. The molecule has 16 heavy (non-hydrogen) atoms. The molecule has 0 saturated heterocycles. The normalized spacial score (nSPS) is 16.6. The monoisotopic (exact) mass is 301 g/mol. The fourth-order valence-electron chi connectivity index (χ4n) is 1.90. The van der Waals surface area contributed by atoms with E-state index in [-0.39, 0.29) is 0 Å². The molecule has 5 heteroatoms. The van der Waals surface area contributed by atoms with Crippen molar-refractivity contribution in [3.05, 3.63) is 16.5 Å². The summed E-state index contributed by atoms with van der Waals surface area (Å²) < 4.78 is 0.921. The van der Waals surface area contributed by atoms with Crippen LogP contribution < -0.4 is 5.32 Å². The van der Waals surface area contributed by atoms with E-state index in [1.807, 2.05) is 25.0 Å². The van der Waals surface area contributed by atoms with E-state index in [0.717, 1.165) is 27.1 Å². The van der Waals surface area contributed by atoms with E-state index in [1.165, 1.54) is 25.7 Å². The molecule has 0 aromatic carbocycles. The van der Waals surface area contributed by atoms with Crippen molar-refractivity contribution in [2.75, 3.05) is 12.4 Å². The lowest BCUT2D eigenvalue weighted by Gasteiger charge is -2.09. The SMILES string of the molecule is CNc1nc(CSC2CCCC2)ncc1Br. The number of anilines is 1. The van der Waals surface area contributed by atoms with Crippen LogP contribution in [0.2, 0.25) is 0 Å². The summed E-state index contributed by atoms with van der Waals surface area (Å²) in [6, 6.07) is 0. The average molecular weight is 302 g/mol. The Morgan fingerprint density at radius 2 is 2.25 bits per heavy atom. The Morgan fingerprint density at radius 3 is 2.94 bits per heavy atom. The maximum Gasteiger partial charge on any atom is 0.143 e. The molecular formula is C11H16BrN3S. The third-order valence-corrected chi connectivity index (χ3v) is 4.73. The highest BCUT2D eigenvalue weighted by Gasteiger charge is 2.15. The standard InChI is InChI=1S/C11H16BrN3S/c1-13-11-9(12)6-14-10(15-11)7-16-8-4-2-3-5-8/h6,8H,2-5,7H2,1H3,(H,13,14,15). The molecule has 1 fully saturated rings. The molecular weight excluding hydrogens is 286 g/mol. The Hall–Kier alpha value is -0.290. The quantitative estimate of drug-likeness (QED) is 0.924. The molecule has 0 atom stereocenters. The predicted octanol–water partition coefficient (Wildman–Crippen LogP) is 3.46. The van der Waals surface area contributed by atoms with Gasteiger partial charge in [0.25, 0.3) is 0 Å². The van der Waals surface area contributed by atoms with Crippen LogP contribution in [0, 0.1) is 0 Å². The second-order valence-corrected chi connectivity index (χ2v) is 6.09. The van der Waals surface area contributed by atoms with Crippen molar-refractivity contribution < 1.29 is 0 Å². The Labute approximate surface area is 109 Å². The van der Waals surface area contributed by atoms with Crippen LogP contribution in [-0.2, 0) is 5.75 Å². The highest BCUT2D eigenvalue weighted by atomic mass is 79.9. The van der Waals surface area contributed by atoms with Crippen molar-refractivity contribution >= 4 is 33.5 Å². The van der Waals surface area contributed by atoms with Gasteiger partial charge in [-0.05, 0) is 28.8 Å². The van der Waals surface area contributed by atoms with Gasteiger partial charge in [-0.2, -0.15) is 11.8 Å². The first-order valence-electron chi connectivity index (χ1n) is 5.60. The molecule has 1 heterocycles. The van der Waals surface area contributed by atoms with Crippen molar-refractivity contribution in [2.24, 2.45) is 0 Å². The van der Waals surface area contributed by atoms with Gasteiger partial charge in [-0.3, -0.25) is 0 Å². The van der Waals surface area contributed by atoms with Crippen LogP contribution >= 0.6 is 27.7 Å². The van der Waals surface area contributed by atoms with E-state index < -0.39 is 0 Å². The van der Waals surface area contributed by atoms with Gasteiger partial charge in [0.05, 0.1) is 10.2 Å². The van der Waals surface area contributed by atoms with Gasteiger partial charge < -0.3 is 5.32 Å². The number of nitrogens with zero attached hydrogens (tertiary/aromatic N) is 2. The van der Waals surface area contributed by atoms with Crippen molar-refractivity contribution in [2.45, 2.75) is 36.7 Å². The van der Waals surface area contributed by atoms with Crippen LogP contribution in [-0.4, -0.2) is 22.3 Å². The molecule has 3 nitrogen and oxygen atoms in total. The van der Waals surface area contributed by atoms with Crippen LogP contribution in [0.3, 0.4) is 0 Å². The summed E-state index contributed by atoms with van der Waals surface area (Å²) in [4.78, 5) is 8.79. The van der Waals surface area contributed by atoms with Crippen LogP contribution in [0.15, 0.2) is 10.7 Å². The molecule has 1 aliphatic rings. The van der Waals surface area contributed by atoms with Gasteiger partial charge in [0.1, 0.15) is 11.6 Å². The molecule has 0 amide bonds. The number of hydrogen-bond acceptors (Lipinski definition) is 4. The lowest BCUT2D eigenvalue weighted by Crippen LogP contribution is -2.02. The lowest BCUT2D eigenvalue weighted by atomic mass is 10.4. The van der Waals surface area contributed by atoms with Gasteiger partial charge in [0, 0.05) is 18.5 Å². The molecule has 0 bridgehead atoms. The van der Waals surface area contributed by atoms with Gasteiger partial charge in [0.15, 0.2) is 0 Å². The van der Waals surface area contributed by atoms with Gasteiger partial charge in [-0.25, -0.2) is 9.97 Å². The number of halogens is 1. The fraction of sp³-hybridized carbons (Fsp3) is 0.636. The zero-order valence-corrected chi connectivity index (χ0v) is 11.8. The van der Waals surface area contributed by atoms with Crippen molar-refractivity contribution in [3.8, 4) is 0 Å². The number of nitrogens with one attached hydrogen (secondary N) is 1. The first-order chi connectivity index (χ1) is 7.79. The Balaban J connectivity index is 1.93. The van der Waals surface area contributed by atoms with E-state index in [2.05, 4.69) is 31.2 Å². The van der Waals surface area contributed by atoms with Crippen molar-refractivity contribution in [1.29, 1.82) is 0 Å². The summed E-state index contributed by atoms with van der Waals surface area (Å²) in [5.41, 5.74) is 0. The molecule has 88 valence electrons. The fourth-order valence-corrected chi connectivity index (χ4v) is 3.48. The highest BCUT2D eigenvalue weighted by molar-refractivity contribution is 9.10. The smallest absolute Gasteiger partial charge is 0.143 e. The van der Waals surface area contributed by atoms with Gasteiger partial charge in [0.2, 0.25) is 0 Å². The van der Waals surface area contributed by atoms with E-state index in [0.29, 0.717) is 0 Å². The molecule has 0 spiro atoms. The van der Waals surface area contributed by atoms with Crippen molar-refractivity contribution in [1.82, 2.24) is 9.97 Å². The predicted molar refractivity (Wildman–Crippen MR) is 72.8 cm³/mol. The van der Waals surface area contributed by atoms with E-state index in [4.69, 9.17) is 0 Å². The number of thioether (sulfide) groups is 1. The minimum absolute atomic E-state index is 0.824. The molecule has 0 radical (unpaired) electrons. The second kappa shape index (κ2) is 5.87. The van der Waals surface area contributed by atoms with Crippen LogP contribution in [0.1, 0.15) is 31.5 Å². The molecule has 1 saturated carbocycles. The minimum Gasteiger partial charge on any atom is -0.372 e. The van der Waals surface area contributed by atoms with Crippen molar-refractivity contribution in [3.63, 3.8) is 0 Å². The molecule has 1 aromatic heterocycles. The second-order valence-electron chi connectivity index (χ2n) is 3.95. The first kappa shape index (κ1) is 12.2. The Kier molecular flexibility index (Phi) is 4.46. The third kappa shape index (κ3) is 3.10.